The Bertz CT molecular complexity index is 947. The van der Waals surface area contributed by atoms with Crippen molar-refractivity contribution in [1.29, 1.82) is 0 Å². The molecule has 0 bridgehead atoms. The van der Waals surface area contributed by atoms with Crippen molar-refractivity contribution in [3.05, 3.63) is 81.5 Å². The molecule has 1 aliphatic rings. The topological polar surface area (TPSA) is 41.6 Å². The quantitative estimate of drug-likeness (QED) is 0.674. The van der Waals surface area contributed by atoms with E-state index >= 15 is 0 Å². The lowest BCUT2D eigenvalue weighted by atomic mass is 9.93. The number of fused-ring (bicyclic) bond motifs is 1. The number of methoxy groups -OCH3 is 1. The summed E-state index contributed by atoms with van der Waals surface area (Å²) in [5.41, 5.74) is 4.69. The predicted molar refractivity (Wildman–Crippen MR) is 114 cm³/mol. The fourth-order valence-electron chi connectivity index (χ4n) is 3.75. The van der Waals surface area contributed by atoms with E-state index in [0.29, 0.717) is 0 Å². The summed E-state index contributed by atoms with van der Waals surface area (Å²) in [6, 6.07) is 18.7. The normalized spacial score (nSPS) is 15.8. The minimum absolute atomic E-state index is 0.0168. The van der Waals surface area contributed by atoms with E-state index in [-0.39, 0.29) is 11.9 Å². The van der Waals surface area contributed by atoms with Crippen molar-refractivity contribution in [2.45, 2.75) is 25.9 Å². The van der Waals surface area contributed by atoms with Gasteiger partial charge < -0.3 is 15.0 Å². The van der Waals surface area contributed by atoms with E-state index in [1.807, 2.05) is 17.0 Å². The van der Waals surface area contributed by atoms with Gasteiger partial charge in [-0.05, 0) is 58.8 Å². The van der Waals surface area contributed by atoms with Crippen molar-refractivity contribution in [1.82, 2.24) is 4.90 Å². The molecule has 28 heavy (non-hydrogen) atoms. The first kappa shape index (κ1) is 18.6. The Hall–Kier alpha value is -2.79. The lowest BCUT2D eigenvalue weighted by Gasteiger charge is -2.35. The molecule has 0 spiro atoms. The van der Waals surface area contributed by atoms with Gasteiger partial charge in [0.1, 0.15) is 5.75 Å². The van der Waals surface area contributed by atoms with Crippen LogP contribution in [-0.4, -0.2) is 24.5 Å². The first-order valence-electron chi connectivity index (χ1n) is 9.46. The molecule has 1 atom stereocenters. The maximum Gasteiger partial charge on any atom is 0.220 e. The van der Waals surface area contributed by atoms with Crippen molar-refractivity contribution >= 4 is 22.9 Å². The molecule has 0 radical (unpaired) electrons. The standard InChI is InChI=1S/C23H24N2O2S/c1-16(26)25-13-11-22-21(12-14-28-22)23(25)18-5-7-19(8-6-18)24-15-17-3-9-20(27-2)10-4-17/h3-10,12,14,23-24H,11,13,15H2,1-2H3/t23-/m0/s1. The fourth-order valence-corrected chi connectivity index (χ4v) is 4.65. The van der Waals surface area contributed by atoms with Crippen molar-refractivity contribution in [3.63, 3.8) is 0 Å². The molecule has 1 aromatic heterocycles. The highest BCUT2D eigenvalue weighted by molar-refractivity contribution is 7.10. The summed E-state index contributed by atoms with van der Waals surface area (Å²) in [7, 11) is 1.67. The Morgan fingerprint density at radius 3 is 2.57 bits per heavy atom. The van der Waals surface area contributed by atoms with Crippen LogP contribution >= 0.6 is 11.3 Å². The number of thiophene rings is 1. The lowest BCUT2D eigenvalue weighted by Crippen LogP contribution is -2.38. The van der Waals surface area contributed by atoms with Crippen LogP contribution in [0.1, 0.15) is 34.5 Å². The molecule has 1 aliphatic heterocycles. The second kappa shape index (κ2) is 8.07. The van der Waals surface area contributed by atoms with Gasteiger partial charge in [0.25, 0.3) is 0 Å². The third-order valence-electron chi connectivity index (χ3n) is 5.25. The minimum atomic E-state index is 0.0168. The number of ether oxygens (including phenoxy) is 1. The smallest absolute Gasteiger partial charge is 0.220 e. The molecular formula is C23H24N2O2S. The maximum absolute atomic E-state index is 12.2. The van der Waals surface area contributed by atoms with Crippen molar-refractivity contribution in [2.24, 2.45) is 0 Å². The first-order chi connectivity index (χ1) is 13.7. The monoisotopic (exact) mass is 392 g/mol. The molecule has 5 heteroatoms. The highest BCUT2D eigenvalue weighted by Crippen LogP contribution is 2.38. The summed E-state index contributed by atoms with van der Waals surface area (Å²) >= 11 is 1.79. The summed E-state index contributed by atoms with van der Waals surface area (Å²) < 4.78 is 5.20. The molecule has 3 aromatic rings. The largest absolute Gasteiger partial charge is 0.497 e. The molecule has 2 heterocycles. The van der Waals surface area contributed by atoms with Crippen LogP contribution in [0.3, 0.4) is 0 Å². The van der Waals surface area contributed by atoms with E-state index in [1.54, 1.807) is 25.4 Å². The zero-order valence-electron chi connectivity index (χ0n) is 16.1. The third kappa shape index (κ3) is 3.76. The van der Waals surface area contributed by atoms with E-state index in [4.69, 9.17) is 4.74 Å². The zero-order chi connectivity index (χ0) is 19.5. The number of carbonyl (C=O) groups excluding carboxylic acids is 1. The van der Waals surface area contributed by atoms with Gasteiger partial charge in [-0.15, -0.1) is 11.3 Å². The first-order valence-corrected chi connectivity index (χ1v) is 10.3. The maximum atomic E-state index is 12.2. The van der Waals surface area contributed by atoms with Gasteiger partial charge in [-0.1, -0.05) is 24.3 Å². The molecule has 144 valence electrons. The molecule has 0 saturated carbocycles. The van der Waals surface area contributed by atoms with E-state index < -0.39 is 0 Å². The van der Waals surface area contributed by atoms with Crippen LogP contribution in [0.5, 0.6) is 5.75 Å². The number of carbonyl (C=O) groups is 1. The molecule has 0 aliphatic carbocycles. The number of amides is 1. The number of hydrogen-bond acceptors (Lipinski definition) is 4. The predicted octanol–water partition coefficient (Wildman–Crippen LogP) is 4.86. The zero-order valence-corrected chi connectivity index (χ0v) is 17.0. The molecule has 2 aromatic carbocycles. The number of anilines is 1. The molecule has 4 nitrogen and oxygen atoms in total. The fraction of sp³-hybridized carbons (Fsp3) is 0.261. The van der Waals surface area contributed by atoms with Crippen LogP contribution in [0.25, 0.3) is 0 Å². The van der Waals surface area contributed by atoms with Gasteiger partial charge in [0.15, 0.2) is 0 Å². The third-order valence-corrected chi connectivity index (χ3v) is 6.25. The van der Waals surface area contributed by atoms with Crippen LogP contribution < -0.4 is 10.1 Å². The summed E-state index contributed by atoms with van der Waals surface area (Å²) in [5, 5.41) is 5.59. The second-order valence-electron chi connectivity index (χ2n) is 6.99. The van der Waals surface area contributed by atoms with E-state index in [2.05, 4.69) is 53.2 Å². The van der Waals surface area contributed by atoms with Gasteiger partial charge >= 0.3 is 0 Å². The van der Waals surface area contributed by atoms with Crippen LogP contribution in [0.2, 0.25) is 0 Å². The van der Waals surface area contributed by atoms with Crippen molar-refractivity contribution < 1.29 is 9.53 Å². The van der Waals surface area contributed by atoms with Gasteiger partial charge in [-0.25, -0.2) is 0 Å². The number of nitrogens with one attached hydrogen (secondary N) is 1. The highest BCUT2D eigenvalue weighted by Gasteiger charge is 2.31. The SMILES string of the molecule is COc1ccc(CNc2ccc([C@H]3c4ccsc4CCN3C(C)=O)cc2)cc1. The van der Waals surface area contributed by atoms with Gasteiger partial charge in [-0.2, -0.15) is 0 Å². The van der Waals surface area contributed by atoms with Crippen LogP contribution in [0.4, 0.5) is 5.69 Å². The lowest BCUT2D eigenvalue weighted by molar-refractivity contribution is -0.130. The van der Waals surface area contributed by atoms with Gasteiger partial charge in [0.05, 0.1) is 13.2 Å². The average Bonchev–Trinajstić information content (AvgIpc) is 3.21. The van der Waals surface area contributed by atoms with Crippen LogP contribution in [-0.2, 0) is 17.8 Å². The Morgan fingerprint density at radius 1 is 1.14 bits per heavy atom. The number of benzene rings is 2. The summed E-state index contributed by atoms with van der Waals surface area (Å²) in [4.78, 5) is 15.6. The van der Waals surface area contributed by atoms with Crippen LogP contribution in [0.15, 0.2) is 60.0 Å². The Labute approximate surface area is 169 Å². The average molecular weight is 393 g/mol. The van der Waals surface area contributed by atoms with E-state index in [9.17, 15) is 4.79 Å². The van der Waals surface area contributed by atoms with Gasteiger partial charge in [0.2, 0.25) is 5.91 Å². The summed E-state index contributed by atoms with van der Waals surface area (Å²) in [6.45, 7) is 3.20. The van der Waals surface area contributed by atoms with Crippen molar-refractivity contribution in [3.8, 4) is 5.75 Å². The van der Waals surface area contributed by atoms with Crippen molar-refractivity contribution in [2.75, 3.05) is 19.0 Å². The van der Waals surface area contributed by atoms with Gasteiger partial charge in [0, 0.05) is 30.6 Å². The van der Waals surface area contributed by atoms with E-state index in [0.717, 1.165) is 36.5 Å². The summed E-state index contributed by atoms with van der Waals surface area (Å²) in [5.74, 6) is 0.993. The number of hydrogen-bond donors (Lipinski definition) is 1. The molecule has 0 unspecified atom stereocenters. The van der Waals surface area contributed by atoms with E-state index in [1.165, 1.54) is 16.0 Å². The molecule has 0 saturated heterocycles. The highest BCUT2D eigenvalue weighted by atomic mass is 32.1. The minimum Gasteiger partial charge on any atom is -0.497 e. The Balaban J connectivity index is 1.50. The summed E-state index contributed by atoms with van der Waals surface area (Å²) in [6.07, 6.45) is 0.949. The van der Waals surface area contributed by atoms with Crippen LogP contribution in [0, 0.1) is 0 Å². The van der Waals surface area contributed by atoms with Gasteiger partial charge in [-0.3, -0.25) is 4.79 Å². The second-order valence-corrected chi connectivity index (χ2v) is 7.99. The number of nitrogens with zero attached hydrogens (tertiary/aromatic N) is 1. The number of rotatable bonds is 5. The Kier molecular flexibility index (Phi) is 5.35. The molecule has 1 amide bonds. The molecule has 1 N–H and O–H groups in total. The molecule has 0 fully saturated rings. The molecular weight excluding hydrogens is 368 g/mol. The Morgan fingerprint density at radius 2 is 1.89 bits per heavy atom. The molecule has 4 rings (SSSR count).